The van der Waals surface area contributed by atoms with Gasteiger partial charge < -0.3 is 25.1 Å². The highest BCUT2D eigenvalue weighted by Gasteiger charge is 2.31. The summed E-state index contributed by atoms with van der Waals surface area (Å²) in [5, 5.41) is 15.6. The number of amides is 3. The molecule has 4 N–H and O–H groups in total. The van der Waals surface area contributed by atoms with Gasteiger partial charge in [0.25, 0.3) is 12.3 Å². The van der Waals surface area contributed by atoms with E-state index < -0.39 is 30.0 Å². The standard InChI is InChI=1S/C45H50F2N10O6/c1-55-37-22-28(11-14-35(37)57(45(55)61)36-15-16-39(58)53-43(36)60)6-2-4-20-62-21-5-3-18-48-24-29-9-12-32(13-10-29)56-26-33(40(54-56)41(46)47)51-42(59)34-27-63-44(52-34)31-17-19-49-38(23-31)50-25-30-7-8-30/h9-14,17,19,22-23,26-27,30,36,41,48H,2-8,15-16,18,20-21,24-25H2,1H3,(H,49,50)(H,51,59)(H,53,58,60)/t36-/m1/s1. The number of nitrogens with one attached hydrogen (secondary N) is 4. The van der Waals surface area contributed by atoms with Gasteiger partial charge in [0.1, 0.15) is 18.1 Å². The van der Waals surface area contributed by atoms with Crippen LogP contribution >= 0.6 is 0 Å². The first-order valence-corrected chi connectivity index (χ1v) is 21.4. The topological polar surface area (TPSA) is 192 Å². The Morgan fingerprint density at radius 3 is 2.54 bits per heavy atom. The SMILES string of the molecule is Cn1c(=O)n([C@@H]2CCC(=O)NC2=O)c2ccc(CCCCOCCCCNCc3ccc(-n4cc(NC(=O)c5coc(-c6ccnc(NCC7CC7)c6)n5)c(C(F)F)n4)cc3)cc21. The predicted molar refractivity (Wildman–Crippen MR) is 231 cm³/mol. The molecule has 2 aliphatic rings. The average molecular weight is 865 g/mol. The first-order valence-electron chi connectivity index (χ1n) is 21.4. The van der Waals surface area contributed by atoms with Gasteiger partial charge in [-0.3, -0.25) is 28.8 Å². The summed E-state index contributed by atoms with van der Waals surface area (Å²) in [6.45, 7) is 3.59. The number of anilines is 2. The number of hydrogen-bond donors (Lipinski definition) is 4. The second kappa shape index (κ2) is 19.7. The molecule has 16 nitrogen and oxygen atoms in total. The first kappa shape index (κ1) is 43.1. The van der Waals surface area contributed by atoms with Crippen molar-refractivity contribution in [3.63, 3.8) is 0 Å². The lowest BCUT2D eigenvalue weighted by Crippen LogP contribution is -2.44. The maximum absolute atomic E-state index is 14.0. The lowest BCUT2D eigenvalue weighted by atomic mass is 10.0. The number of imidazole rings is 1. The molecule has 1 atom stereocenters. The van der Waals surface area contributed by atoms with Gasteiger partial charge >= 0.3 is 5.69 Å². The zero-order valence-electron chi connectivity index (χ0n) is 34.9. The molecule has 0 bridgehead atoms. The Labute approximate surface area is 361 Å². The Balaban J connectivity index is 0.727. The van der Waals surface area contributed by atoms with Crippen LogP contribution in [0.2, 0.25) is 0 Å². The smallest absolute Gasteiger partial charge is 0.329 e. The van der Waals surface area contributed by atoms with E-state index in [0.29, 0.717) is 54.7 Å². The van der Waals surface area contributed by atoms with E-state index >= 15 is 0 Å². The average Bonchev–Trinajstić information content (AvgIpc) is 3.70. The molecule has 1 saturated heterocycles. The molecular formula is C45H50F2N10O6. The number of nitrogens with zero attached hydrogens (tertiary/aromatic N) is 6. The molecule has 3 amide bonds. The molecule has 63 heavy (non-hydrogen) atoms. The molecule has 2 fully saturated rings. The number of fused-ring (bicyclic) bond motifs is 1. The van der Waals surface area contributed by atoms with Crippen molar-refractivity contribution in [2.24, 2.45) is 13.0 Å². The summed E-state index contributed by atoms with van der Waals surface area (Å²) < 4.78 is 43.8. The lowest BCUT2D eigenvalue weighted by Gasteiger charge is -2.21. The molecule has 1 saturated carbocycles. The summed E-state index contributed by atoms with van der Waals surface area (Å²) in [4.78, 5) is 58.8. The van der Waals surface area contributed by atoms with E-state index in [-0.39, 0.29) is 35.3 Å². The Morgan fingerprint density at radius 1 is 0.968 bits per heavy atom. The normalized spacial score (nSPS) is 15.3. The van der Waals surface area contributed by atoms with Crippen molar-refractivity contribution in [1.82, 2.24) is 39.5 Å². The summed E-state index contributed by atoms with van der Waals surface area (Å²) in [6, 6.07) is 16.0. The summed E-state index contributed by atoms with van der Waals surface area (Å²) in [5.74, 6) is 0.0806. The van der Waals surface area contributed by atoms with E-state index in [4.69, 9.17) is 9.15 Å². The van der Waals surface area contributed by atoms with Crippen LogP contribution in [0.5, 0.6) is 0 Å². The van der Waals surface area contributed by atoms with Gasteiger partial charge in [-0.2, -0.15) is 5.10 Å². The van der Waals surface area contributed by atoms with Crippen LogP contribution in [0.3, 0.4) is 0 Å². The number of carbonyl (C=O) groups excluding carboxylic acids is 3. The van der Waals surface area contributed by atoms with Crippen molar-refractivity contribution < 1.29 is 32.3 Å². The zero-order valence-corrected chi connectivity index (χ0v) is 34.9. The number of unbranched alkanes of at least 4 members (excludes halogenated alkanes) is 2. The molecule has 0 radical (unpaired) electrons. The van der Waals surface area contributed by atoms with Gasteiger partial charge in [-0.15, -0.1) is 0 Å². The van der Waals surface area contributed by atoms with Crippen LogP contribution in [-0.4, -0.2) is 72.9 Å². The minimum atomic E-state index is -2.93. The second-order valence-corrected chi connectivity index (χ2v) is 16.0. The van der Waals surface area contributed by atoms with Crippen molar-refractivity contribution >= 4 is 40.3 Å². The van der Waals surface area contributed by atoms with Crippen LogP contribution in [-0.2, 0) is 34.3 Å². The number of oxazole rings is 1. The number of carbonyl (C=O) groups is 3. The zero-order chi connectivity index (χ0) is 43.9. The third kappa shape index (κ3) is 10.6. The van der Waals surface area contributed by atoms with Gasteiger partial charge in [-0.05, 0) is 111 Å². The minimum Gasteiger partial charge on any atom is -0.444 e. The monoisotopic (exact) mass is 864 g/mol. The van der Waals surface area contributed by atoms with E-state index in [1.165, 1.54) is 34.6 Å². The molecule has 1 aliphatic heterocycles. The Hall–Kier alpha value is -6.53. The van der Waals surface area contributed by atoms with E-state index in [1.807, 2.05) is 30.3 Å². The van der Waals surface area contributed by atoms with Crippen molar-refractivity contribution in [3.05, 3.63) is 106 Å². The molecule has 2 aromatic carbocycles. The fraction of sp³-hybridized carbons (Fsp3) is 0.400. The van der Waals surface area contributed by atoms with Crippen molar-refractivity contribution in [3.8, 4) is 17.1 Å². The third-order valence-electron chi connectivity index (χ3n) is 11.3. The van der Waals surface area contributed by atoms with E-state index in [1.54, 1.807) is 42.1 Å². The summed E-state index contributed by atoms with van der Waals surface area (Å²) in [6.07, 6.45) is 8.66. The largest absolute Gasteiger partial charge is 0.444 e. The number of halogens is 2. The van der Waals surface area contributed by atoms with Crippen LogP contribution < -0.4 is 27.0 Å². The van der Waals surface area contributed by atoms with Gasteiger partial charge in [0.2, 0.25) is 17.7 Å². The molecule has 0 spiro atoms. The second-order valence-electron chi connectivity index (χ2n) is 16.0. The van der Waals surface area contributed by atoms with Gasteiger partial charge in [0.05, 0.1) is 28.6 Å². The van der Waals surface area contributed by atoms with Crippen LogP contribution in [0.4, 0.5) is 20.3 Å². The maximum Gasteiger partial charge on any atom is 0.329 e. The number of ether oxygens (including phenoxy) is 1. The van der Waals surface area contributed by atoms with Crippen LogP contribution in [0, 0.1) is 5.92 Å². The third-order valence-corrected chi connectivity index (χ3v) is 11.3. The number of rotatable bonds is 21. The van der Waals surface area contributed by atoms with Gasteiger partial charge in [-0.25, -0.2) is 28.2 Å². The lowest BCUT2D eigenvalue weighted by molar-refractivity contribution is -0.135. The van der Waals surface area contributed by atoms with Crippen LogP contribution in [0.25, 0.3) is 28.2 Å². The predicted octanol–water partition coefficient (Wildman–Crippen LogP) is 6.47. The highest BCUT2D eigenvalue weighted by atomic mass is 19.3. The first-order chi connectivity index (χ1) is 30.6. The summed E-state index contributed by atoms with van der Waals surface area (Å²) >= 11 is 0. The fourth-order valence-corrected chi connectivity index (χ4v) is 7.59. The quantitative estimate of drug-likeness (QED) is 0.0458. The Kier molecular flexibility index (Phi) is 13.5. The van der Waals surface area contributed by atoms with E-state index in [9.17, 15) is 28.0 Å². The maximum atomic E-state index is 14.0. The number of imide groups is 1. The highest BCUT2D eigenvalue weighted by Crippen LogP contribution is 2.30. The molecule has 4 aromatic heterocycles. The molecule has 6 aromatic rings. The van der Waals surface area contributed by atoms with E-state index in [2.05, 4.69) is 36.3 Å². The fourth-order valence-electron chi connectivity index (χ4n) is 7.59. The number of hydrogen-bond acceptors (Lipinski definition) is 11. The molecule has 0 unspecified atom stereocenters. The molecule has 5 heterocycles. The van der Waals surface area contributed by atoms with Gasteiger partial charge in [-0.1, -0.05) is 18.2 Å². The summed E-state index contributed by atoms with van der Waals surface area (Å²) in [7, 11) is 1.70. The number of aryl methyl sites for hydroxylation is 2. The highest BCUT2D eigenvalue weighted by molar-refractivity contribution is 6.03. The van der Waals surface area contributed by atoms with Crippen LogP contribution in [0.1, 0.15) is 91.1 Å². The number of benzene rings is 2. The Morgan fingerprint density at radius 2 is 1.76 bits per heavy atom. The number of piperidine rings is 1. The molecule has 330 valence electrons. The minimum absolute atomic E-state index is 0.0649. The van der Waals surface area contributed by atoms with Crippen LogP contribution in [0.15, 0.2) is 82.5 Å². The van der Waals surface area contributed by atoms with Crippen molar-refractivity contribution in [1.29, 1.82) is 0 Å². The van der Waals surface area contributed by atoms with Crippen molar-refractivity contribution in [2.45, 2.75) is 76.8 Å². The number of aromatic nitrogens is 6. The van der Waals surface area contributed by atoms with Crippen molar-refractivity contribution in [2.75, 3.05) is 36.9 Å². The number of pyridine rings is 1. The summed E-state index contributed by atoms with van der Waals surface area (Å²) in [5.41, 5.74) is 3.70. The van der Waals surface area contributed by atoms with Gasteiger partial charge in [0, 0.05) is 51.5 Å². The Bertz CT molecular complexity index is 2630. The number of alkyl halides is 2. The molecule has 8 rings (SSSR count). The van der Waals surface area contributed by atoms with E-state index in [0.717, 1.165) is 61.8 Å². The molecule has 1 aliphatic carbocycles. The van der Waals surface area contributed by atoms with Gasteiger partial charge in [0.15, 0.2) is 11.4 Å². The molecule has 18 heteroatoms. The molecular weight excluding hydrogens is 815 g/mol.